The number of nitrogens with one attached hydrogen (secondary N) is 2. The number of urea groups is 1. The van der Waals surface area contributed by atoms with Gasteiger partial charge in [-0.25, -0.2) is 9.18 Å². The first-order valence-corrected chi connectivity index (χ1v) is 6.80. The van der Waals surface area contributed by atoms with Crippen molar-refractivity contribution in [1.29, 1.82) is 0 Å². The van der Waals surface area contributed by atoms with Gasteiger partial charge in [-0.05, 0) is 49.2 Å². The zero-order valence-corrected chi connectivity index (χ0v) is 11.6. The summed E-state index contributed by atoms with van der Waals surface area (Å²) in [6.45, 7) is 0.630. The van der Waals surface area contributed by atoms with Crippen LogP contribution in [0.1, 0.15) is 12.0 Å². The van der Waals surface area contributed by atoms with Crippen molar-refractivity contribution in [3.8, 4) is 0 Å². The maximum atomic E-state index is 13.4. The molecule has 0 unspecified atom stereocenters. The molecule has 0 aliphatic rings. The first kappa shape index (κ1) is 15.0. The van der Waals surface area contributed by atoms with Crippen molar-refractivity contribution in [2.75, 3.05) is 17.2 Å². The highest BCUT2D eigenvalue weighted by Gasteiger charge is 2.06. The highest BCUT2D eigenvalue weighted by molar-refractivity contribution is 5.99. The Balaban J connectivity index is 1.98. The predicted molar refractivity (Wildman–Crippen MR) is 82.9 cm³/mol. The number of aryl methyl sites for hydroxylation is 1. The minimum atomic E-state index is -0.476. The number of carbonyl (C=O) groups excluding carboxylic acids is 1. The lowest BCUT2D eigenvalue weighted by atomic mass is 10.1. The Kier molecular flexibility index (Phi) is 5.29. The number of benzene rings is 2. The fraction of sp³-hybridized carbons (Fsp3) is 0.188. The lowest BCUT2D eigenvalue weighted by molar-refractivity contribution is 0.262. The molecule has 0 heterocycles. The number of rotatable bonds is 5. The van der Waals surface area contributed by atoms with Gasteiger partial charge >= 0.3 is 6.03 Å². The molecule has 4 nitrogen and oxygen atoms in total. The summed E-state index contributed by atoms with van der Waals surface area (Å²) in [4.78, 5) is 11.9. The summed E-state index contributed by atoms with van der Waals surface area (Å²) in [5.41, 5.74) is 7.39. The van der Waals surface area contributed by atoms with Gasteiger partial charge in [0.05, 0.1) is 5.69 Å². The van der Waals surface area contributed by atoms with Crippen LogP contribution in [-0.2, 0) is 6.42 Å². The van der Waals surface area contributed by atoms with Crippen molar-refractivity contribution in [2.24, 2.45) is 5.73 Å². The van der Waals surface area contributed by atoms with Crippen LogP contribution in [0.2, 0.25) is 0 Å². The van der Waals surface area contributed by atoms with E-state index in [0.29, 0.717) is 12.2 Å². The van der Waals surface area contributed by atoms with Crippen LogP contribution >= 0.6 is 0 Å². The molecule has 110 valence electrons. The van der Waals surface area contributed by atoms with E-state index in [9.17, 15) is 9.18 Å². The molecule has 2 aromatic rings. The molecule has 0 saturated heterocycles. The molecule has 0 aliphatic carbocycles. The molecular formula is C16H18FN3O. The minimum absolute atomic E-state index is 0.147. The van der Waals surface area contributed by atoms with Crippen LogP contribution in [0.3, 0.4) is 0 Å². The molecule has 2 aromatic carbocycles. The molecule has 0 atom stereocenters. The van der Waals surface area contributed by atoms with E-state index in [1.165, 1.54) is 12.1 Å². The largest absolute Gasteiger partial charge is 0.330 e. The first-order chi connectivity index (χ1) is 10.2. The van der Waals surface area contributed by atoms with Crippen molar-refractivity contribution in [2.45, 2.75) is 12.8 Å². The Morgan fingerprint density at radius 3 is 2.67 bits per heavy atom. The van der Waals surface area contributed by atoms with Gasteiger partial charge in [0, 0.05) is 5.69 Å². The van der Waals surface area contributed by atoms with Gasteiger partial charge in [0.15, 0.2) is 0 Å². The standard InChI is InChI=1S/C16H18FN3O/c17-14-8-1-2-9-15(14)20-16(21)19-13-7-3-5-12(11-13)6-4-10-18/h1-3,5,7-9,11H,4,6,10,18H2,(H2,19,20,21). The molecule has 0 spiro atoms. The molecule has 0 saturated carbocycles. The van der Waals surface area contributed by atoms with Gasteiger partial charge in [-0.2, -0.15) is 0 Å². The van der Waals surface area contributed by atoms with E-state index in [4.69, 9.17) is 5.73 Å². The van der Waals surface area contributed by atoms with Crippen LogP contribution in [0.4, 0.5) is 20.6 Å². The Bertz CT molecular complexity index is 616. The molecule has 2 amide bonds. The summed E-state index contributed by atoms with van der Waals surface area (Å²) in [6, 6.07) is 13.1. The van der Waals surface area contributed by atoms with Crippen molar-refractivity contribution < 1.29 is 9.18 Å². The number of halogens is 1. The lowest BCUT2D eigenvalue weighted by Gasteiger charge is -2.09. The Hall–Kier alpha value is -2.40. The third-order valence-corrected chi connectivity index (χ3v) is 2.98. The number of nitrogens with two attached hydrogens (primary N) is 1. The van der Waals surface area contributed by atoms with E-state index >= 15 is 0 Å². The molecular weight excluding hydrogens is 269 g/mol. The Labute approximate surface area is 123 Å². The van der Waals surface area contributed by atoms with Gasteiger partial charge in [0.25, 0.3) is 0 Å². The summed E-state index contributed by atoms with van der Waals surface area (Å²) in [7, 11) is 0. The van der Waals surface area contributed by atoms with Gasteiger partial charge in [-0.1, -0.05) is 24.3 Å². The van der Waals surface area contributed by atoms with Gasteiger partial charge in [0.2, 0.25) is 0 Å². The zero-order chi connectivity index (χ0) is 15.1. The van der Waals surface area contributed by atoms with Gasteiger partial charge in [0.1, 0.15) is 5.82 Å². The fourth-order valence-electron chi connectivity index (χ4n) is 1.96. The number of anilines is 2. The second kappa shape index (κ2) is 7.40. The number of hydrogen-bond acceptors (Lipinski definition) is 2. The van der Waals surface area contributed by atoms with E-state index in [1.54, 1.807) is 18.2 Å². The smallest absolute Gasteiger partial charge is 0.323 e. The number of carbonyl (C=O) groups is 1. The predicted octanol–water partition coefficient (Wildman–Crippen LogP) is 3.36. The quantitative estimate of drug-likeness (QED) is 0.789. The Morgan fingerprint density at radius 1 is 1.10 bits per heavy atom. The molecule has 2 rings (SSSR count). The van der Waals surface area contributed by atoms with E-state index in [-0.39, 0.29) is 5.69 Å². The monoisotopic (exact) mass is 287 g/mol. The Morgan fingerprint density at radius 2 is 1.90 bits per heavy atom. The van der Waals surface area contributed by atoms with Gasteiger partial charge in [-0.3, -0.25) is 0 Å². The number of amides is 2. The third-order valence-electron chi connectivity index (χ3n) is 2.98. The van der Waals surface area contributed by atoms with Crippen molar-refractivity contribution in [1.82, 2.24) is 0 Å². The van der Waals surface area contributed by atoms with Crippen LogP contribution in [-0.4, -0.2) is 12.6 Å². The lowest BCUT2D eigenvalue weighted by Crippen LogP contribution is -2.20. The van der Waals surface area contributed by atoms with E-state index in [2.05, 4.69) is 10.6 Å². The summed E-state index contributed by atoms with van der Waals surface area (Å²) in [5.74, 6) is -0.468. The molecule has 21 heavy (non-hydrogen) atoms. The molecule has 0 radical (unpaired) electrons. The SMILES string of the molecule is NCCCc1cccc(NC(=O)Nc2ccccc2F)c1. The summed E-state index contributed by atoms with van der Waals surface area (Å²) in [5, 5.41) is 5.16. The average molecular weight is 287 g/mol. The first-order valence-electron chi connectivity index (χ1n) is 6.80. The number of para-hydroxylation sites is 1. The van der Waals surface area contributed by atoms with Crippen LogP contribution < -0.4 is 16.4 Å². The molecule has 0 aliphatic heterocycles. The normalized spacial score (nSPS) is 10.2. The van der Waals surface area contributed by atoms with Gasteiger partial charge in [-0.15, -0.1) is 0 Å². The second-order valence-corrected chi connectivity index (χ2v) is 4.65. The highest BCUT2D eigenvalue weighted by Crippen LogP contribution is 2.15. The van der Waals surface area contributed by atoms with Crippen molar-refractivity contribution >= 4 is 17.4 Å². The van der Waals surface area contributed by atoms with Crippen LogP contribution in [0.15, 0.2) is 48.5 Å². The summed E-state index contributed by atoms with van der Waals surface area (Å²) >= 11 is 0. The molecule has 4 N–H and O–H groups in total. The topological polar surface area (TPSA) is 67.1 Å². The minimum Gasteiger partial charge on any atom is -0.330 e. The van der Waals surface area contributed by atoms with Crippen LogP contribution in [0, 0.1) is 5.82 Å². The van der Waals surface area contributed by atoms with E-state index in [1.807, 2.05) is 18.2 Å². The zero-order valence-electron chi connectivity index (χ0n) is 11.6. The van der Waals surface area contributed by atoms with Crippen molar-refractivity contribution in [3.05, 3.63) is 59.9 Å². The van der Waals surface area contributed by atoms with E-state index < -0.39 is 11.8 Å². The average Bonchev–Trinajstić information content (AvgIpc) is 2.48. The molecule has 0 fully saturated rings. The highest BCUT2D eigenvalue weighted by atomic mass is 19.1. The molecule has 0 aromatic heterocycles. The fourth-order valence-corrected chi connectivity index (χ4v) is 1.96. The maximum Gasteiger partial charge on any atom is 0.323 e. The van der Waals surface area contributed by atoms with Crippen LogP contribution in [0.5, 0.6) is 0 Å². The van der Waals surface area contributed by atoms with Crippen LogP contribution in [0.25, 0.3) is 0 Å². The molecule has 0 bridgehead atoms. The van der Waals surface area contributed by atoms with Gasteiger partial charge < -0.3 is 16.4 Å². The third kappa shape index (κ3) is 4.57. The maximum absolute atomic E-state index is 13.4. The molecule has 5 heteroatoms. The number of hydrogen-bond donors (Lipinski definition) is 3. The van der Waals surface area contributed by atoms with E-state index in [0.717, 1.165) is 18.4 Å². The summed E-state index contributed by atoms with van der Waals surface area (Å²) < 4.78 is 13.4. The van der Waals surface area contributed by atoms with Crippen molar-refractivity contribution in [3.63, 3.8) is 0 Å². The second-order valence-electron chi connectivity index (χ2n) is 4.65. The summed E-state index contributed by atoms with van der Waals surface area (Å²) in [6.07, 6.45) is 1.76.